The van der Waals surface area contributed by atoms with E-state index in [0.717, 1.165) is 38.2 Å². The van der Waals surface area contributed by atoms with Crippen LogP contribution in [0.1, 0.15) is 51.3 Å². The van der Waals surface area contributed by atoms with Crippen LogP contribution in [0, 0.1) is 0 Å². The molecule has 0 bridgehead atoms. The van der Waals surface area contributed by atoms with Crippen LogP contribution in [0.3, 0.4) is 0 Å². The molecule has 6 rings (SSSR count). The maximum Gasteiger partial charge on any atom is 0.410 e. The van der Waals surface area contributed by atoms with E-state index in [9.17, 15) is 13.6 Å². The normalized spacial score (nSPS) is 27.0. The van der Waals surface area contributed by atoms with E-state index in [0.29, 0.717) is 62.7 Å². The van der Waals surface area contributed by atoms with Crippen molar-refractivity contribution in [3.05, 3.63) is 29.5 Å². The molecule has 10 heteroatoms. The molecule has 3 saturated heterocycles. The summed E-state index contributed by atoms with van der Waals surface area (Å²) in [5, 5.41) is 0. The molecule has 0 aliphatic carbocycles. The first-order chi connectivity index (χ1) is 17.6. The summed E-state index contributed by atoms with van der Waals surface area (Å²) in [7, 11) is 0. The number of carbonyl (C=O) groups excluding carboxylic acids is 1. The molecule has 2 atom stereocenters. The monoisotopic (exact) mass is 517 g/mol. The molecule has 1 aromatic heterocycles. The van der Waals surface area contributed by atoms with Crippen molar-refractivity contribution in [2.75, 3.05) is 62.2 Å². The second-order valence-electron chi connectivity index (χ2n) is 12.0. The Balaban J connectivity index is 1.16. The van der Waals surface area contributed by atoms with E-state index in [-0.39, 0.29) is 17.4 Å². The third-order valence-corrected chi connectivity index (χ3v) is 8.35. The van der Waals surface area contributed by atoms with Crippen LogP contribution in [0.5, 0.6) is 0 Å². The molecule has 3 fully saturated rings. The minimum Gasteiger partial charge on any atom is -0.444 e. The lowest BCUT2D eigenvalue weighted by molar-refractivity contribution is 0.00322. The number of hydrogen-bond acceptors (Lipinski definition) is 7. The van der Waals surface area contributed by atoms with E-state index in [1.807, 2.05) is 32.9 Å². The van der Waals surface area contributed by atoms with Crippen molar-refractivity contribution >= 4 is 17.6 Å². The van der Waals surface area contributed by atoms with Crippen molar-refractivity contribution in [3.63, 3.8) is 0 Å². The van der Waals surface area contributed by atoms with Gasteiger partial charge in [0.1, 0.15) is 22.7 Å². The van der Waals surface area contributed by atoms with Gasteiger partial charge in [-0.05, 0) is 40.0 Å². The Hall–Kier alpha value is -2.46. The van der Waals surface area contributed by atoms with Crippen molar-refractivity contribution in [1.82, 2.24) is 14.8 Å². The highest BCUT2D eigenvalue weighted by atomic mass is 19.3. The molecule has 1 amide bonds. The fraction of sp³-hybridized carbons (Fsp3) is 0.704. The van der Waals surface area contributed by atoms with Crippen LogP contribution in [0.15, 0.2) is 18.2 Å². The lowest BCUT2D eigenvalue weighted by Crippen LogP contribution is -2.69. The zero-order chi connectivity index (χ0) is 25.9. The van der Waals surface area contributed by atoms with Crippen molar-refractivity contribution in [2.45, 2.75) is 69.7 Å². The number of carbonyl (C=O) groups is 1. The lowest BCUT2D eigenvalue weighted by atomic mass is 9.90. The van der Waals surface area contributed by atoms with Gasteiger partial charge < -0.3 is 24.2 Å². The first-order valence-corrected chi connectivity index (χ1v) is 13.5. The number of anilines is 2. The number of halogens is 2. The van der Waals surface area contributed by atoms with Crippen molar-refractivity contribution in [1.29, 1.82) is 0 Å². The van der Waals surface area contributed by atoms with E-state index in [1.165, 1.54) is 0 Å². The number of aromatic nitrogens is 1. The highest BCUT2D eigenvalue weighted by Crippen LogP contribution is 2.44. The Kier molecular flexibility index (Phi) is 6.10. The summed E-state index contributed by atoms with van der Waals surface area (Å²) in [6.45, 7) is 11.2. The van der Waals surface area contributed by atoms with E-state index in [4.69, 9.17) is 9.47 Å². The Morgan fingerprint density at radius 3 is 2.59 bits per heavy atom. The molecular weight excluding hydrogens is 480 g/mol. The summed E-state index contributed by atoms with van der Waals surface area (Å²) in [5.41, 5.74) is 0.785. The van der Waals surface area contributed by atoms with E-state index >= 15 is 0 Å². The molecule has 0 saturated carbocycles. The summed E-state index contributed by atoms with van der Waals surface area (Å²) in [6.07, 6.45) is 3.72. The molecule has 5 aliphatic rings. The molecule has 2 unspecified atom stereocenters. The maximum absolute atomic E-state index is 14.2. The van der Waals surface area contributed by atoms with Gasteiger partial charge in [-0.3, -0.25) is 4.90 Å². The third-order valence-electron chi connectivity index (χ3n) is 8.35. The summed E-state index contributed by atoms with van der Waals surface area (Å²) >= 11 is 0. The van der Waals surface area contributed by atoms with Crippen LogP contribution in [0.25, 0.3) is 0 Å². The van der Waals surface area contributed by atoms with Gasteiger partial charge in [-0.15, -0.1) is 0 Å². The van der Waals surface area contributed by atoms with E-state index < -0.39 is 12.0 Å². The predicted octanol–water partition coefficient (Wildman–Crippen LogP) is 3.61. The molecule has 202 valence electrons. The lowest BCUT2D eigenvalue weighted by Gasteiger charge is -2.55. The molecule has 1 aromatic rings. The van der Waals surface area contributed by atoms with Gasteiger partial charge >= 0.3 is 6.09 Å². The van der Waals surface area contributed by atoms with Crippen molar-refractivity contribution < 1.29 is 23.0 Å². The standard InChI is InChI=1S/C27H37F2N5O3/c1-26(2,3)37-25(35)32-11-9-31(10-12-32)21-15-34-19(21)7-4-6-18-20(34)14-22(30-23(18)24(28)29)33-16-27(17-33)8-5-13-36-27/h5,8,14,19,21,24H,4,6-7,9-13,15-17H2,1-3H3. The number of piperazine rings is 1. The smallest absolute Gasteiger partial charge is 0.410 e. The fourth-order valence-corrected chi connectivity index (χ4v) is 6.47. The summed E-state index contributed by atoms with van der Waals surface area (Å²) in [5.74, 6) is 0.624. The Morgan fingerprint density at radius 1 is 1.19 bits per heavy atom. The van der Waals surface area contributed by atoms with Crippen LogP contribution < -0.4 is 9.80 Å². The average molecular weight is 518 g/mol. The summed E-state index contributed by atoms with van der Waals surface area (Å²) < 4.78 is 39.7. The Labute approximate surface area is 217 Å². The number of rotatable bonds is 3. The first kappa shape index (κ1) is 24.9. The van der Waals surface area contributed by atoms with E-state index in [2.05, 4.69) is 25.8 Å². The highest BCUT2D eigenvalue weighted by molar-refractivity contribution is 5.68. The highest BCUT2D eigenvalue weighted by Gasteiger charge is 2.48. The molecule has 37 heavy (non-hydrogen) atoms. The Morgan fingerprint density at radius 2 is 1.95 bits per heavy atom. The van der Waals surface area contributed by atoms with Gasteiger partial charge in [0.05, 0.1) is 19.7 Å². The molecule has 0 radical (unpaired) electrons. The zero-order valence-corrected chi connectivity index (χ0v) is 22.0. The number of hydrogen-bond donors (Lipinski definition) is 0. The fourth-order valence-electron chi connectivity index (χ4n) is 6.47. The van der Waals surface area contributed by atoms with Crippen LogP contribution in [0.4, 0.5) is 25.1 Å². The molecule has 1 spiro atoms. The summed E-state index contributed by atoms with van der Waals surface area (Å²) in [6, 6.07) is 2.68. The predicted molar refractivity (Wildman–Crippen MR) is 136 cm³/mol. The molecule has 8 nitrogen and oxygen atoms in total. The third kappa shape index (κ3) is 4.56. The molecular formula is C27H37F2N5O3. The van der Waals surface area contributed by atoms with Crippen LogP contribution in [-0.2, 0) is 15.9 Å². The number of amides is 1. The van der Waals surface area contributed by atoms with Gasteiger partial charge in [0.25, 0.3) is 6.43 Å². The minimum absolute atomic E-state index is 0.0635. The quantitative estimate of drug-likeness (QED) is 0.568. The van der Waals surface area contributed by atoms with Gasteiger partial charge in [0, 0.05) is 62.1 Å². The molecule has 0 aromatic carbocycles. The second-order valence-corrected chi connectivity index (χ2v) is 12.0. The molecule has 5 aliphatic heterocycles. The number of alkyl halides is 2. The number of ether oxygens (including phenoxy) is 2. The van der Waals surface area contributed by atoms with Crippen molar-refractivity contribution in [3.8, 4) is 0 Å². The number of pyridine rings is 1. The number of nitrogens with zero attached hydrogens (tertiary/aromatic N) is 5. The topological polar surface area (TPSA) is 61.4 Å². The van der Waals surface area contributed by atoms with Crippen molar-refractivity contribution in [2.24, 2.45) is 0 Å². The first-order valence-electron chi connectivity index (χ1n) is 13.5. The second kappa shape index (κ2) is 9.08. The largest absolute Gasteiger partial charge is 0.444 e. The molecule has 6 heterocycles. The minimum atomic E-state index is -2.60. The SMILES string of the molecule is CC(C)(C)OC(=O)N1CCN(C2CN3c4cc(N5CC6(C=CCO6)C5)nc(C(F)F)c4CCCC23)CC1. The maximum atomic E-state index is 14.2. The van der Waals surface area contributed by atoms with E-state index in [1.54, 1.807) is 4.90 Å². The molecule has 0 N–H and O–H groups in total. The van der Waals surface area contributed by atoms with Crippen LogP contribution >= 0.6 is 0 Å². The summed E-state index contributed by atoms with van der Waals surface area (Å²) in [4.78, 5) is 25.5. The van der Waals surface area contributed by atoms with Gasteiger partial charge in [-0.1, -0.05) is 12.2 Å². The van der Waals surface area contributed by atoms with Crippen LogP contribution in [0.2, 0.25) is 0 Å². The van der Waals surface area contributed by atoms with Gasteiger partial charge in [0.15, 0.2) is 0 Å². The Bertz CT molecular complexity index is 1080. The van der Waals surface area contributed by atoms with Crippen LogP contribution in [-0.4, -0.2) is 96.6 Å². The van der Waals surface area contributed by atoms with Gasteiger partial charge in [-0.2, -0.15) is 0 Å². The zero-order valence-electron chi connectivity index (χ0n) is 22.0. The van der Waals surface area contributed by atoms with Gasteiger partial charge in [-0.25, -0.2) is 18.6 Å². The average Bonchev–Trinajstić information content (AvgIpc) is 3.25. The number of fused-ring (bicyclic) bond motifs is 3. The van der Waals surface area contributed by atoms with Gasteiger partial charge in [0.2, 0.25) is 0 Å².